The summed E-state index contributed by atoms with van der Waals surface area (Å²) in [5.74, 6) is 0.550. The summed E-state index contributed by atoms with van der Waals surface area (Å²) in [6, 6.07) is 10.9. The van der Waals surface area contributed by atoms with Crippen LogP contribution in [-0.4, -0.2) is 33.2 Å². The Bertz CT molecular complexity index is 1060. The molecule has 1 aliphatic heterocycles. The van der Waals surface area contributed by atoms with Crippen molar-refractivity contribution in [3.63, 3.8) is 0 Å². The second-order valence-electron chi connectivity index (χ2n) is 8.31. The minimum Gasteiger partial charge on any atom is -0.487 e. The molecule has 6 nitrogen and oxygen atoms in total. The average Bonchev–Trinajstić information content (AvgIpc) is 2.59. The van der Waals surface area contributed by atoms with Gasteiger partial charge < -0.3 is 10.1 Å². The smallest absolute Gasteiger partial charge is 0.252 e. The van der Waals surface area contributed by atoms with Gasteiger partial charge in [0, 0.05) is 24.6 Å². The van der Waals surface area contributed by atoms with Crippen LogP contribution in [0, 0.1) is 13.8 Å². The minimum atomic E-state index is -3.42. The van der Waals surface area contributed by atoms with E-state index in [2.05, 4.69) is 5.32 Å². The molecule has 29 heavy (non-hydrogen) atoms. The molecule has 0 bridgehead atoms. The molecule has 0 aromatic heterocycles. The Balaban J connectivity index is 1.94. The van der Waals surface area contributed by atoms with Crippen molar-refractivity contribution in [1.82, 2.24) is 5.32 Å². The van der Waals surface area contributed by atoms with E-state index in [1.807, 2.05) is 39.0 Å². The summed E-state index contributed by atoms with van der Waals surface area (Å²) >= 11 is 0. The average molecular weight is 417 g/mol. The van der Waals surface area contributed by atoms with E-state index in [4.69, 9.17) is 4.74 Å². The van der Waals surface area contributed by atoms with Crippen molar-refractivity contribution in [3.05, 3.63) is 58.7 Å². The van der Waals surface area contributed by atoms with Crippen molar-refractivity contribution in [2.45, 2.75) is 45.8 Å². The number of carbonyl (C=O) groups excluding carboxylic acids is 1. The fourth-order valence-electron chi connectivity index (χ4n) is 3.71. The van der Waals surface area contributed by atoms with Gasteiger partial charge in [0.05, 0.1) is 18.0 Å². The van der Waals surface area contributed by atoms with Crippen LogP contribution in [0.2, 0.25) is 0 Å². The Kier molecular flexibility index (Phi) is 5.38. The van der Waals surface area contributed by atoms with Crippen molar-refractivity contribution >= 4 is 21.6 Å². The number of nitrogens with zero attached hydrogens (tertiary/aromatic N) is 1. The highest BCUT2D eigenvalue weighted by Gasteiger charge is 2.35. The summed E-state index contributed by atoms with van der Waals surface area (Å²) in [7, 11) is -1.94. The van der Waals surface area contributed by atoms with Crippen LogP contribution in [0.4, 0.5) is 5.69 Å². The van der Waals surface area contributed by atoms with E-state index >= 15 is 0 Å². The number of ether oxygens (including phenoxy) is 1. The number of anilines is 1. The zero-order chi connectivity index (χ0) is 21.6. The van der Waals surface area contributed by atoms with Gasteiger partial charge in [-0.1, -0.05) is 18.2 Å². The van der Waals surface area contributed by atoms with Crippen LogP contribution < -0.4 is 14.4 Å². The fraction of sp³-hybridized carbons (Fsp3) is 0.409. The Morgan fingerprint density at radius 3 is 2.55 bits per heavy atom. The van der Waals surface area contributed by atoms with E-state index in [0.29, 0.717) is 23.2 Å². The molecule has 0 spiro atoms. The van der Waals surface area contributed by atoms with E-state index in [1.54, 1.807) is 25.1 Å². The zero-order valence-electron chi connectivity index (χ0n) is 17.7. The predicted octanol–water partition coefficient (Wildman–Crippen LogP) is 3.73. The van der Waals surface area contributed by atoms with E-state index in [1.165, 1.54) is 11.4 Å². The highest BCUT2D eigenvalue weighted by molar-refractivity contribution is 7.92. The molecule has 0 aliphatic carbocycles. The second kappa shape index (κ2) is 7.37. The molecule has 0 saturated heterocycles. The summed E-state index contributed by atoms with van der Waals surface area (Å²) in [5.41, 5.74) is 3.20. The lowest BCUT2D eigenvalue weighted by Gasteiger charge is -2.38. The highest BCUT2D eigenvalue weighted by atomic mass is 32.2. The molecule has 2 aromatic carbocycles. The van der Waals surface area contributed by atoms with Crippen molar-refractivity contribution < 1.29 is 17.9 Å². The van der Waals surface area contributed by atoms with Gasteiger partial charge >= 0.3 is 0 Å². The third kappa shape index (κ3) is 4.40. The number of aryl methyl sites for hydroxylation is 1. The van der Waals surface area contributed by atoms with Crippen LogP contribution in [0.15, 0.2) is 36.4 Å². The van der Waals surface area contributed by atoms with Gasteiger partial charge in [0.2, 0.25) is 10.0 Å². The summed E-state index contributed by atoms with van der Waals surface area (Å²) in [4.78, 5) is 13.1. The van der Waals surface area contributed by atoms with Gasteiger partial charge in [-0.2, -0.15) is 0 Å². The van der Waals surface area contributed by atoms with Crippen molar-refractivity contribution in [2.24, 2.45) is 0 Å². The zero-order valence-corrected chi connectivity index (χ0v) is 18.6. The molecule has 2 aromatic rings. The molecule has 0 unspecified atom stereocenters. The molecule has 1 N–H and O–H groups in total. The number of amides is 1. The van der Waals surface area contributed by atoms with Crippen LogP contribution >= 0.6 is 0 Å². The standard InChI is InChI=1S/C22H28N2O4S/c1-14-10-11-17-18(13-22(3,4)28-20(17)12-14)23-21(25)16-8-7-9-19(15(16)2)24(5)29(6,26)27/h7-12,18H,13H2,1-6H3,(H,23,25)/t18-/m0/s1. The van der Waals surface area contributed by atoms with E-state index in [9.17, 15) is 13.2 Å². The first-order valence-electron chi connectivity index (χ1n) is 9.53. The Morgan fingerprint density at radius 2 is 1.90 bits per heavy atom. The molecule has 3 rings (SSSR count). The molecular weight excluding hydrogens is 388 g/mol. The second-order valence-corrected chi connectivity index (χ2v) is 10.3. The van der Waals surface area contributed by atoms with Crippen LogP contribution in [-0.2, 0) is 10.0 Å². The van der Waals surface area contributed by atoms with Crippen LogP contribution in [0.25, 0.3) is 0 Å². The van der Waals surface area contributed by atoms with Gasteiger partial charge in [0.25, 0.3) is 5.91 Å². The number of carbonyl (C=O) groups is 1. The molecule has 0 saturated carbocycles. The number of fused-ring (bicyclic) bond motifs is 1. The summed E-state index contributed by atoms with van der Waals surface area (Å²) in [5, 5.41) is 3.13. The van der Waals surface area contributed by atoms with E-state index in [0.717, 1.165) is 23.1 Å². The summed E-state index contributed by atoms with van der Waals surface area (Å²) in [6.07, 6.45) is 1.78. The maximum atomic E-state index is 13.1. The Labute approximate surface area is 172 Å². The fourth-order valence-corrected chi connectivity index (χ4v) is 4.27. The van der Waals surface area contributed by atoms with Gasteiger partial charge in [0.15, 0.2) is 0 Å². The first kappa shape index (κ1) is 21.2. The maximum absolute atomic E-state index is 13.1. The summed E-state index contributed by atoms with van der Waals surface area (Å²) < 4.78 is 31.2. The van der Waals surface area contributed by atoms with Crippen LogP contribution in [0.5, 0.6) is 5.75 Å². The number of hydrogen-bond acceptors (Lipinski definition) is 4. The van der Waals surface area contributed by atoms with Crippen molar-refractivity contribution in [3.8, 4) is 5.75 Å². The lowest BCUT2D eigenvalue weighted by atomic mass is 9.89. The molecule has 1 amide bonds. The number of rotatable bonds is 4. The van der Waals surface area contributed by atoms with Gasteiger partial charge in [-0.05, 0) is 57.0 Å². The number of sulfonamides is 1. The van der Waals surface area contributed by atoms with Gasteiger partial charge in [-0.15, -0.1) is 0 Å². The van der Waals surface area contributed by atoms with E-state index < -0.39 is 15.6 Å². The molecular formula is C22H28N2O4S. The molecule has 156 valence electrons. The SMILES string of the molecule is Cc1ccc2c(c1)OC(C)(C)C[C@@H]2NC(=O)c1cccc(N(C)S(C)(=O)=O)c1C. The Hall–Kier alpha value is -2.54. The van der Waals surface area contributed by atoms with Crippen molar-refractivity contribution in [1.29, 1.82) is 0 Å². The van der Waals surface area contributed by atoms with Gasteiger partial charge in [0.1, 0.15) is 11.4 Å². The largest absolute Gasteiger partial charge is 0.487 e. The Morgan fingerprint density at radius 1 is 1.21 bits per heavy atom. The normalized spacial score (nSPS) is 17.8. The summed E-state index contributed by atoms with van der Waals surface area (Å²) in [6.45, 7) is 7.78. The third-order valence-corrected chi connectivity index (χ3v) is 6.51. The quantitative estimate of drug-likeness (QED) is 0.824. The molecule has 1 heterocycles. The molecule has 1 atom stereocenters. The maximum Gasteiger partial charge on any atom is 0.252 e. The van der Waals surface area contributed by atoms with Gasteiger partial charge in [-0.3, -0.25) is 9.10 Å². The monoisotopic (exact) mass is 416 g/mol. The first-order valence-corrected chi connectivity index (χ1v) is 11.4. The number of nitrogens with one attached hydrogen (secondary N) is 1. The minimum absolute atomic E-state index is 0.197. The highest BCUT2D eigenvalue weighted by Crippen LogP contribution is 2.40. The van der Waals surface area contributed by atoms with Crippen LogP contribution in [0.1, 0.15) is 53.4 Å². The lowest BCUT2D eigenvalue weighted by Crippen LogP contribution is -2.41. The lowest BCUT2D eigenvalue weighted by molar-refractivity contribution is 0.0619. The van der Waals surface area contributed by atoms with E-state index in [-0.39, 0.29) is 11.9 Å². The predicted molar refractivity (Wildman–Crippen MR) is 115 cm³/mol. The topological polar surface area (TPSA) is 75.7 Å². The number of benzene rings is 2. The number of hydrogen-bond donors (Lipinski definition) is 1. The van der Waals surface area contributed by atoms with Crippen molar-refractivity contribution in [2.75, 3.05) is 17.6 Å². The molecule has 1 aliphatic rings. The van der Waals surface area contributed by atoms with Gasteiger partial charge in [-0.25, -0.2) is 8.42 Å². The first-order chi connectivity index (χ1) is 13.4. The molecule has 7 heteroatoms. The van der Waals surface area contributed by atoms with Crippen LogP contribution in [0.3, 0.4) is 0 Å². The molecule has 0 fully saturated rings. The third-order valence-electron chi connectivity index (χ3n) is 5.32. The molecule has 0 radical (unpaired) electrons.